The zero-order valence-electron chi connectivity index (χ0n) is 13.9. The number of aliphatic carboxylic acids is 1. The Labute approximate surface area is 129 Å². The highest BCUT2D eigenvalue weighted by molar-refractivity contribution is 5.77. The summed E-state index contributed by atoms with van der Waals surface area (Å²) in [6.07, 6.45) is 7.91. The molecule has 124 valence electrons. The Kier molecular flexibility index (Phi) is 12.0. The molecule has 0 bridgehead atoms. The number of carboxylic acids is 1. The van der Waals surface area contributed by atoms with Crippen LogP contribution in [0.15, 0.2) is 0 Å². The highest BCUT2D eigenvalue weighted by Gasteiger charge is 2.21. The summed E-state index contributed by atoms with van der Waals surface area (Å²) in [4.78, 5) is 22.7. The van der Waals surface area contributed by atoms with Crippen LogP contribution in [-0.2, 0) is 14.3 Å². The monoisotopic (exact) mass is 300 g/mol. The lowest BCUT2D eigenvalue weighted by molar-refractivity contribution is -0.164. The zero-order chi connectivity index (χ0) is 16.1. The lowest BCUT2D eigenvalue weighted by Crippen LogP contribution is -2.27. The molecule has 0 fully saturated rings. The lowest BCUT2D eigenvalue weighted by Gasteiger charge is -2.14. The normalized spacial score (nSPS) is 12.4. The van der Waals surface area contributed by atoms with Gasteiger partial charge in [0.1, 0.15) is 0 Å². The molecule has 0 saturated carbocycles. The van der Waals surface area contributed by atoms with Crippen molar-refractivity contribution < 1.29 is 19.4 Å². The molecule has 21 heavy (non-hydrogen) atoms. The van der Waals surface area contributed by atoms with Gasteiger partial charge in [-0.2, -0.15) is 0 Å². The molecule has 0 aromatic rings. The van der Waals surface area contributed by atoms with Crippen molar-refractivity contribution in [3.8, 4) is 0 Å². The van der Waals surface area contributed by atoms with Gasteiger partial charge in [-0.05, 0) is 25.2 Å². The maximum Gasteiger partial charge on any atom is 0.345 e. The van der Waals surface area contributed by atoms with Gasteiger partial charge in [-0.25, -0.2) is 4.79 Å². The Morgan fingerprint density at radius 1 is 0.952 bits per heavy atom. The summed E-state index contributed by atoms with van der Waals surface area (Å²) < 4.78 is 5.09. The van der Waals surface area contributed by atoms with Crippen LogP contribution in [0.3, 0.4) is 0 Å². The van der Waals surface area contributed by atoms with Gasteiger partial charge in [-0.15, -0.1) is 0 Å². The van der Waals surface area contributed by atoms with E-state index in [1.807, 2.05) is 0 Å². The molecule has 1 N–H and O–H groups in total. The highest BCUT2D eigenvalue weighted by Crippen LogP contribution is 2.13. The largest absolute Gasteiger partial charge is 0.479 e. The van der Waals surface area contributed by atoms with Crippen molar-refractivity contribution in [3.05, 3.63) is 0 Å². The Balaban J connectivity index is 3.85. The third kappa shape index (κ3) is 12.4. The van der Waals surface area contributed by atoms with E-state index in [0.717, 1.165) is 38.5 Å². The molecule has 0 aromatic heterocycles. The van der Waals surface area contributed by atoms with Crippen molar-refractivity contribution in [2.45, 2.75) is 91.1 Å². The number of esters is 1. The van der Waals surface area contributed by atoms with Gasteiger partial charge in [0.15, 0.2) is 6.10 Å². The number of hydrogen-bond acceptors (Lipinski definition) is 3. The zero-order valence-corrected chi connectivity index (χ0v) is 13.9. The summed E-state index contributed by atoms with van der Waals surface area (Å²) in [5.41, 5.74) is 0. The first-order valence-electron chi connectivity index (χ1n) is 8.39. The summed E-state index contributed by atoms with van der Waals surface area (Å²) in [5, 5.41) is 9.09. The Morgan fingerprint density at radius 3 is 2.14 bits per heavy atom. The molecular weight excluding hydrogens is 268 g/mol. The van der Waals surface area contributed by atoms with E-state index in [9.17, 15) is 9.59 Å². The number of carbonyl (C=O) groups is 2. The second-order valence-electron chi connectivity index (χ2n) is 6.16. The molecular formula is C17H32O4. The first-order chi connectivity index (χ1) is 9.97. The smallest absolute Gasteiger partial charge is 0.345 e. The molecule has 0 aliphatic rings. The maximum absolute atomic E-state index is 11.6. The van der Waals surface area contributed by atoms with Crippen molar-refractivity contribution >= 4 is 11.9 Å². The molecule has 0 saturated heterocycles. The van der Waals surface area contributed by atoms with Crippen molar-refractivity contribution in [1.29, 1.82) is 0 Å². The third-order valence-electron chi connectivity index (χ3n) is 3.53. The first kappa shape index (κ1) is 19.9. The van der Waals surface area contributed by atoms with Crippen molar-refractivity contribution in [1.82, 2.24) is 0 Å². The van der Waals surface area contributed by atoms with Crippen molar-refractivity contribution in [2.24, 2.45) is 5.92 Å². The molecule has 4 heteroatoms. The van der Waals surface area contributed by atoms with Crippen LogP contribution in [0.2, 0.25) is 0 Å². The average molecular weight is 300 g/mol. The Hall–Kier alpha value is -1.06. The van der Waals surface area contributed by atoms with Crippen LogP contribution in [0.4, 0.5) is 0 Å². The number of unbranched alkanes of at least 4 members (excludes halogenated alkanes) is 5. The van der Waals surface area contributed by atoms with Gasteiger partial charge in [0.25, 0.3) is 0 Å². The fourth-order valence-electron chi connectivity index (χ4n) is 2.21. The summed E-state index contributed by atoms with van der Waals surface area (Å²) >= 11 is 0. The molecule has 1 unspecified atom stereocenters. The van der Waals surface area contributed by atoms with Gasteiger partial charge in [-0.3, -0.25) is 4.79 Å². The average Bonchev–Trinajstić information content (AvgIpc) is 2.41. The van der Waals surface area contributed by atoms with Crippen molar-refractivity contribution in [3.63, 3.8) is 0 Å². The van der Waals surface area contributed by atoms with Crippen LogP contribution in [0, 0.1) is 5.92 Å². The van der Waals surface area contributed by atoms with E-state index in [1.165, 1.54) is 12.8 Å². The molecule has 0 amide bonds. The molecule has 0 spiro atoms. The van der Waals surface area contributed by atoms with Crippen molar-refractivity contribution in [2.75, 3.05) is 0 Å². The fraction of sp³-hybridized carbons (Fsp3) is 0.882. The fourth-order valence-corrected chi connectivity index (χ4v) is 2.21. The number of hydrogen-bond donors (Lipinski definition) is 1. The van der Waals surface area contributed by atoms with Crippen LogP contribution < -0.4 is 0 Å². The second-order valence-corrected chi connectivity index (χ2v) is 6.16. The quantitative estimate of drug-likeness (QED) is 0.400. The molecule has 0 aromatic carbocycles. The summed E-state index contributed by atoms with van der Waals surface area (Å²) in [7, 11) is 0. The Bertz CT molecular complexity index is 287. The van der Waals surface area contributed by atoms with Gasteiger partial charge in [0.05, 0.1) is 0 Å². The minimum Gasteiger partial charge on any atom is -0.479 e. The number of rotatable bonds is 13. The summed E-state index contributed by atoms with van der Waals surface area (Å²) in [6.45, 7) is 6.44. The molecule has 0 rings (SSSR count). The minimum absolute atomic E-state index is 0.333. The van der Waals surface area contributed by atoms with E-state index in [4.69, 9.17) is 9.84 Å². The van der Waals surface area contributed by atoms with E-state index in [2.05, 4.69) is 20.8 Å². The van der Waals surface area contributed by atoms with E-state index in [0.29, 0.717) is 18.8 Å². The van der Waals surface area contributed by atoms with E-state index in [-0.39, 0.29) is 5.97 Å². The number of carbonyl (C=O) groups excluding carboxylic acids is 1. The van der Waals surface area contributed by atoms with Gasteiger partial charge >= 0.3 is 11.9 Å². The van der Waals surface area contributed by atoms with Crippen LogP contribution in [0.25, 0.3) is 0 Å². The predicted octanol–water partition coefficient (Wildman–Crippen LogP) is 4.56. The predicted molar refractivity (Wildman–Crippen MR) is 84.2 cm³/mol. The van der Waals surface area contributed by atoms with Gasteiger partial charge in [0.2, 0.25) is 0 Å². The second kappa shape index (κ2) is 12.7. The highest BCUT2D eigenvalue weighted by atomic mass is 16.6. The van der Waals surface area contributed by atoms with Crippen LogP contribution in [0.1, 0.15) is 85.0 Å². The first-order valence-corrected chi connectivity index (χ1v) is 8.39. The molecule has 0 radical (unpaired) electrons. The topological polar surface area (TPSA) is 63.6 Å². The van der Waals surface area contributed by atoms with Gasteiger partial charge in [0, 0.05) is 6.42 Å². The standard InChI is InChI=1S/C17H32O4/c1-4-5-6-7-8-13-16(18)21-15(17(19)20)12-10-9-11-14(2)3/h14-15H,4-13H2,1-3H3,(H,19,20). The third-order valence-corrected chi connectivity index (χ3v) is 3.53. The van der Waals surface area contributed by atoms with Crippen LogP contribution in [-0.4, -0.2) is 23.1 Å². The van der Waals surface area contributed by atoms with Crippen LogP contribution >= 0.6 is 0 Å². The molecule has 0 heterocycles. The Morgan fingerprint density at radius 2 is 1.57 bits per heavy atom. The SMILES string of the molecule is CCCCCCCC(=O)OC(CCCCC(C)C)C(=O)O. The number of carboxylic acid groups (broad SMARTS) is 1. The van der Waals surface area contributed by atoms with E-state index in [1.54, 1.807) is 0 Å². The minimum atomic E-state index is -1.03. The molecule has 0 aliphatic carbocycles. The van der Waals surface area contributed by atoms with E-state index >= 15 is 0 Å². The van der Waals surface area contributed by atoms with Gasteiger partial charge < -0.3 is 9.84 Å². The molecule has 4 nitrogen and oxygen atoms in total. The summed E-state index contributed by atoms with van der Waals surface area (Å²) in [6, 6.07) is 0. The van der Waals surface area contributed by atoms with Gasteiger partial charge in [-0.1, -0.05) is 59.3 Å². The molecule has 0 aliphatic heterocycles. The molecule has 1 atom stereocenters. The summed E-state index contributed by atoms with van der Waals surface area (Å²) in [5.74, 6) is -0.777. The van der Waals surface area contributed by atoms with E-state index < -0.39 is 12.1 Å². The maximum atomic E-state index is 11.6. The van der Waals surface area contributed by atoms with Crippen LogP contribution in [0.5, 0.6) is 0 Å². The number of ether oxygens (including phenoxy) is 1. The lowest BCUT2D eigenvalue weighted by atomic mass is 10.0.